The van der Waals surface area contributed by atoms with Crippen LogP contribution >= 0.6 is 0 Å². The average Bonchev–Trinajstić information content (AvgIpc) is 2.39. The Bertz CT molecular complexity index is 620. The van der Waals surface area contributed by atoms with Crippen molar-refractivity contribution in [3.63, 3.8) is 0 Å². The number of hydrogen-bond acceptors (Lipinski definition) is 2. The maximum atomic E-state index is 12.8. The molecule has 2 aromatic carbocycles. The normalized spacial score (nSPS) is 10.0. The predicted molar refractivity (Wildman–Crippen MR) is 70.6 cm³/mol. The van der Waals surface area contributed by atoms with E-state index in [0.29, 0.717) is 16.8 Å². The Kier molecular flexibility index (Phi) is 3.71. The summed E-state index contributed by atoms with van der Waals surface area (Å²) in [5.41, 5.74) is 1.20. The van der Waals surface area contributed by atoms with Crippen molar-refractivity contribution in [1.29, 1.82) is 0 Å². The third kappa shape index (κ3) is 3.04. The van der Waals surface area contributed by atoms with E-state index in [1.807, 2.05) is 0 Å². The lowest BCUT2D eigenvalue weighted by Crippen LogP contribution is -2.11. The fraction of sp³-hybridized carbons (Fsp3) is 0.0667. The van der Waals surface area contributed by atoms with Crippen molar-refractivity contribution in [3.8, 4) is 0 Å². The number of carbonyl (C=O) groups is 2. The first-order valence-electron chi connectivity index (χ1n) is 5.75. The quantitative estimate of drug-likeness (QED) is 0.859. The first-order chi connectivity index (χ1) is 9.08. The van der Waals surface area contributed by atoms with Crippen LogP contribution in [0.1, 0.15) is 22.8 Å². The zero-order valence-electron chi connectivity index (χ0n) is 10.3. The summed E-state index contributed by atoms with van der Waals surface area (Å²) >= 11 is 0. The van der Waals surface area contributed by atoms with E-state index < -0.39 is 5.82 Å². The summed E-state index contributed by atoms with van der Waals surface area (Å²) in [6.45, 7) is 1.37. The van der Waals surface area contributed by atoms with E-state index >= 15 is 0 Å². The Morgan fingerprint density at radius 2 is 1.63 bits per heavy atom. The molecule has 4 heteroatoms. The summed E-state index contributed by atoms with van der Waals surface area (Å²) in [6, 6.07) is 12.0. The molecule has 0 atom stereocenters. The standard InChI is InChI=1S/C15H12FNO2/c1-10(18)17-14-5-3-2-4-13(14)15(19)11-6-8-12(16)9-7-11/h2-9H,1H3,(H,17,18). The highest BCUT2D eigenvalue weighted by Gasteiger charge is 2.13. The molecule has 0 unspecified atom stereocenters. The monoisotopic (exact) mass is 257 g/mol. The molecule has 0 aliphatic heterocycles. The SMILES string of the molecule is CC(=O)Nc1ccccc1C(=O)c1ccc(F)cc1. The average molecular weight is 257 g/mol. The smallest absolute Gasteiger partial charge is 0.221 e. The van der Waals surface area contributed by atoms with Crippen LogP contribution in [0.2, 0.25) is 0 Å². The summed E-state index contributed by atoms with van der Waals surface area (Å²) in [7, 11) is 0. The second kappa shape index (κ2) is 5.44. The van der Waals surface area contributed by atoms with Crippen LogP contribution in [0.3, 0.4) is 0 Å². The van der Waals surface area contributed by atoms with E-state index in [9.17, 15) is 14.0 Å². The van der Waals surface area contributed by atoms with E-state index in [-0.39, 0.29) is 11.7 Å². The predicted octanol–water partition coefficient (Wildman–Crippen LogP) is 3.02. The third-order valence-electron chi connectivity index (χ3n) is 2.59. The van der Waals surface area contributed by atoms with Crippen molar-refractivity contribution < 1.29 is 14.0 Å². The number of carbonyl (C=O) groups excluding carboxylic acids is 2. The van der Waals surface area contributed by atoms with Gasteiger partial charge in [-0.3, -0.25) is 9.59 Å². The van der Waals surface area contributed by atoms with Crippen molar-refractivity contribution in [1.82, 2.24) is 0 Å². The Morgan fingerprint density at radius 3 is 2.26 bits per heavy atom. The lowest BCUT2D eigenvalue weighted by molar-refractivity contribution is -0.114. The molecular formula is C15H12FNO2. The van der Waals surface area contributed by atoms with Crippen molar-refractivity contribution in [2.45, 2.75) is 6.92 Å². The van der Waals surface area contributed by atoms with Gasteiger partial charge in [0.2, 0.25) is 5.91 Å². The lowest BCUT2D eigenvalue weighted by Gasteiger charge is -2.08. The Labute approximate surface area is 110 Å². The molecule has 2 aromatic rings. The molecule has 0 heterocycles. The molecule has 0 radical (unpaired) electrons. The highest BCUT2D eigenvalue weighted by Crippen LogP contribution is 2.19. The van der Waals surface area contributed by atoms with Gasteiger partial charge in [-0.2, -0.15) is 0 Å². The molecule has 2 rings (SSSR count). The van der Waals surface area contributed by atoms with Gasteiger partial charge in [-0.15, -0.1) is 0 Å². The van der Waals surface area contributed by atoms with Crippen LogP contribution in [0.25, 0.3) is 0 Å². The fourth-order valence-electron chi connectivity index (χ4n) is 1.74. The summed E-state index contributed by atoms with van der Waals surface area (Å²) in [6.07, 6.45) is 0. The molecule has 19 heavy (non-hydrogen) atoms. The summed E-state index contributed by atoms with van der Waals surface area (Å²) in [4.78, 5) is 23.4. The topological polar surface area (TPSA) is 46.2 Å². The van der Waals surface area contributed by atoms with Crippen LogP contribution in [-0.2, 0) is 4.79 Å². The van der Waals surface area contributed by atoms with Gasteiger partial charge in [-0.05, 0) is 36.4 Å². The van der Waals surface area contributed by atoms with E-state index in [0.717, 1.165) is 0 Å². The molecule has 1 N–H and O–H groups in total. The van der Waals surface area contributed by atoms with E-state index in [1.165, 1.54) is 31.2 Å². The molecule has 0 fully saturated rings. The van der Waals surface area contributed by atoms with Gasteiger partial charge in [0.25, 0.3) is 0 Å². The summed E-state index contributed by atoms with van der Waals surface area (Å²) in [5, 5.41) is 2.60. The fourth-order valence-corrected chi connectivity index (χ4v) is 1.74. The second-order valence-corrected chi connectivity index (χ2v) is 4.06. The number of nitrogens with one attached hydrogen (secondary N) is 1. The van der Waals surface area contributed by atoms with Crippen LogP contribution < -0.4 is 5.32 Å². The number of ketones is 1. The first kappa shape index (κ1) is 13.0. The van der Waals surface area contributed by atoms with Gasteiger partial charge in [0.1, 0.15) is 5.82 Å². The van der Waals surface area contributed by atoms with Crippen LogP contribution in [0.4, 0.5) is 10.1 Å². The van der Waals surface area contributed by atoms with E-state index in [2.05, 4.69) is 5.32 Å². The summed E-state index contributed by atoms with van der Waals surface area (Å²) < 4.78 is 12.8. The zero-order valence-corrected chi connectivity index (χ0v) is 10.3. The third-order valence-corrected chi connectivity index (χ3v) is 2.59. The van der Waals surface area contributed by atoms with Crippen LogP contribution in [0, 0.1) is 5.82 Å². The molecule has 1 amide bonds. The minimum absolute atomic E-state index is 0.251. The van der Waals surface area contributed by atoms with Gasteiger partial charge < -0.3 is 5.32 Å². The first-order valence-corrected chi connectivity index (χ1v) is 5.75. The van der Waals surface area contributed by atoms with Gasteiger partial charge >= 0.3 is 0 Å². The van der Waals surface area contributed by atoms with Crippen LogP contribution in [-0.4, -0.2) is 11.7 Å². The van der Waals surface area contributed by atoms with E-state index in [1.54, 1.807) is 24.3 Å². The minimum atomic E-state index is -0.397. The molecule has 0 aliphatic rings. The number of hydrogen-bond donors (Lipinski definition) is 1. The maximum Gasteiger partial charge on any atom is 0.221 e. The molecule has 3 nitrogen and oxygen atoms in total. The number of anilines is 1. The van der Waals surface area contributed by atoms with Crippen molar-refractivity contribution in [2.75, 3.05) is 5.32 Å². The number of benzene rings is 2. The van der Waals surface area contributed by atoms with Gasteiger partial charge in [0, 0.05) is 18.1 Å². The second-order valence-electron chi connectivity index (χ2n) is 4.06. The number of rotatable bonds is 3. The van der Waals surface area contributed by atoms with Gasteiger partial charge in [-0.25, -0.2) is 4.39 Å². The van der Waals surface area contributed by atoms with Gasteiger partial charge in [0.05, 0.1) is 5.69 Å². The van der Waals surface area contributed by atoms with Gasteiger partial charge in [0.15, 0.2) is 5.78 Å². The summed E-state index contributed by atoms with van der Waals surface area (Å²) in [5.74, 6) is -0.907. The largest absolute Gasteiger partial charge is 0.326 e. The van der Waals surface area contributed by atoms with E-state index in [4.69, 9.17) is 0 Å². The molecule has 0 spiro atoms. The molecular weight excluding hydrogens is 245 g/mol. The van der Waals surface area contributed by atoms with Gasteiger partial charge in [-0.1, -0.05) is 12.1 Å². The van der Waals surface area contributed by atoms with Crippen molar-refractivity contribution >= 4 is 17.4 Å². The Balaban J connectivity index is 2.38. The molecule has 0 bridgehead atoms. The maximum absolute atomic E-state index is 12.8. The molecule has 0 saturated carbocycles. The highest BCUT2D eigenvalue weighted by atomic mass is 19.1. The molecule has 0 aromatic heterocycles. The van der Waals surface area contributed by atoms with Crippen molar-refractivity contribution in [3.05, 3.63) is 65.5 Å². The van der Waals surface area contributed by atoms with Crippen LogP contribution in [0.15, 0.2) is 48.5 Å². The molecule has 96 valence electrons. The number of para-hydroxylation sites is 1. The number of halogens is 1. The van der Waals surface area contributed by atoms with Crippen molar-refractivity contribution in [2.24, 2.45) is 0 Å². The van der Waals surface area contributed by atoms with Crippen LogP contribution in [0.5, 0.6) is 0 Å². The zero-order chi connectivity index (χ0) is 13.8. The minimum Gasteiger partial charge on any atom is -0.326 e. The lowest BCUT2D eigenvalue weighted by atomic mass is 10.0. The molecule has 0 aliphatic carbocycles. The highest BCUT2D eigenvalue weighted by molar-refractivity contribution is 6.13. The number of amides is 1. The molecule has 0 saturated heterocycles. The Morgan fingerprint density at radius 1 is 1.00 bits per heavy atom. The Hall–Kier alpha value is -2.49.